The maximum atomic E-state index is 9.00. The van der Waals surface area contributed by atoms with E-state index in [9.17, 15) is 0 Å². The zero-order chi connectivity index (χ0) is 9.10. The van der Waals surface area contributed by atoms with E-state index in [4.69, 9.17) is 9.84 Å². The fourth-order valence-corrected chi connectivity index (χ4v) is 1.67. The van der Waals surface area contributed by atoms with Crippen molar-refractivity contribution in [1.82, 2.24) is 9.55 Å². The lowest BCUT2D eigenvalue weighted by Crippen LogP contribution is -2.19. The van der Waals surface area contributed by atoms with Crippen LogP contribution in [-0.4, -0.2) is 21.3 Å². The van der Waals surface area contributed by atoms with Crippen LogP contribution in [0.2, 0.25) is 0 Å². The summed E-state index contributed by atoms with van der Waals surface area (Å²) in [7, 11) is 0. The van der Waals surface area contributed by atoms with Crippen LogP contribution in [0.4, 0.5) is 0 Å². The first kappa shape index (κ1) is 8.72. The molecular weight excluding hydrogens is 168 g/mol. The van der Waals surface area contributed by atoms with Gasteiger partial charge in [-0.2, -0.15) is 0 Å². The minimum Gasteiger partial charge on any atom is -0.388 e. The molecule has 0 spiro atoms. The number of ether oxygens (including phenoxy) is 1. The second kappa shape index (κ2) is 3.89. The van der Waals surface area contributed by atoms with Crippen LogP contribution in [0.1, 0.15) is 31.3 Å². The van der Waals surface area contributed by atoms with Gasteiger partial charge in [-0.15, -0.1) is 0 Å². The van der Waals surface area contributed by atoms with Crippen LogP contribution in [0, 0.1) is 0 Å². The molecule has 0 saturated carbocycles. The average Bonchev–Trinajstić information content (AvgIpc) is 2.67. The first-order chi connectivity index (χ1) is 6.42. The van der Waals surface area contributed by atoms with Gasteiger partial charge in [0.05, 0.1) is 0 Å². The molecular formula is C9H14N2O2. The van der Waals surface area contributed by atoms with Crippen molar-refractivity contribution in [3.8, 4) is 0 Å². The van der Waals surface area contributed by atoms with E-state index in [1.54, 1.807) is 6.20 Å². The Balaban J connectivity index is 2.13. The van der Waals surface area contributed by atoms with Crippen molar-refractivity contribution < 1.29 is 9.84 Å². The van der Waals surface area contributed by atoms with Gasteiger partial charge in [-0.3, -0.25) is 0 Å². The molecule has 1 aromatic rings. The first-order valence-electron chi connectivity index (χ1n) is 4.66. The summed E-state index contributed by atoms with van der Waals surface area (Å²) in [5, 5.41) is 9.00. The summed E-state index contributed by atoms with van der Waals surface area (Å²) >= 11 is 0. The summed E-state index contributed by atoms with van der Waals surface area (Å²) < 4.78 is 7.49. The highest BCUT2D eigenvalue weighted by molar-refractivity contribution is 4.92. The van der Waals surface area contributed by atoms with Gasteiger partial charge < -0.3 is 14.4 Å². The van der Waals surface area contributed by atoms with Gasteiger partial charge in [0.1, 0.15) is 18.7 Å². The number of aromatic nitrogens is 2. The summed E-state index contributed by atoms with van der Waals surface area (Å²) in [5.41, 5.74) is 0. The van der Waals surface area contributed by atoms with Crippen LogP contribution in [-0.2, 0) is 11.3 Å². The Morgan fingerprint density at radius 1 is 1.62 bits per heavy atom. The Morgan fingerprint density at radius 2 is 2.54 bits per heavy atom. The monoisotopic (exact) mass is 182 g/mol. The number of rotatable bonds is 2. The van der Waals surface area contributed by atoms with Crippen LogP contribution >= 0.6 is 0 Å². The van der Waals surface area contributed by atoms with Crippen molar-refractivity contribution in [2.75, 3.05) is 6.61 Å². The van der Waals surface area contributed by atoms with E-state index in [2.05, 4.69) is 4.98 Å². The van der Waals surface area contributed by atoms with Gasteiger partial charge >= 0.3 is 0 Å². The van der Waals surface area contributed by atoms with Gasteiger partial charge in [-0.1, -0.05) is 0 Å². The molecule has 1 aliphatic heterocycles. The Labute approximate surface area is 77.2 Å². The third kappa shape index (κ3) is 1.73. The van der Waals surface area contributed by atoms with Crippen LogP contribution in [0.15, 0.2) is 12.4 Å². The molecule has 72 valence electrons. The van der Waals surface area contributed by atoms with Gasteiger partial charge in [-0.05, 0) is 19.3 Å². The minimum atomic E-state index is -0.0210. The molecule has 1 atom stereocenters. The zero-order valence-corrected chi connectivity index (χ0v) is 7.52. The molecule has 0 aliphatic carbocycles. The van der Waals surface area contributed by atoms with Crippen molar-refractivity contribution in [3.63, 3.8) is 0 Å². The number of imidazole rings is 1. The standard InChI is InChI=1S/C9H14N2O2/c12-7-8-10-4-5-11(8)9-3-1-2-6-13-9/h4-5,9,12H,1-3,6-7H2. The van der Waals surface area contributed by atoms with Crippen LogP contribution in [0.3, 0.4) is 0 Å². The Hall–Kier alpha value is -0.870. The molecule has 2 rings (SSSR count). The molecule has 1 N–H and O–H groups in total. The normalized spacial score (nSPS) is 23.3. The Kier molecular flexibility index (Phi) is 2.61. The second-order valence-electron chi connectivity index (χ2n) is 3.23. The van der Waals surface area contributed by atoms with Crippen molar-refractivity contribution in [2.45, 2.75) is 32.1 Å². The highest BCUT2D eigenvalue weighted by atomic mass is 16.5. The lowest BCUT2D eigenvalue weighted by atomic mass is 10.2. The Morgan fingerprint density at radius 3 is 3.23 bits per heavy atom. The second-order valence-corrected chi connectivity index (χ2v) is 3.23. The maximum absolute atomic E-state index is 9.00. The summed E-state index contributed by atoms with van der Waals surface area (Å²) in [6.45, 7) is 0.792. The van der Waals surface area contributed by atoms with Crippen molar-refractivity contribution in [2.24, 2.45) is 0 Å². The number of hydrogen-bond acceptors (Lipinski definition) is 3. The fraction of sp³-hybridized carbons (Fsp3) is 0.667. The summed E-state index contributed by atoms with van der Waals surface area (Å²) in [5.74, 6) is 0.687. The van der Waals surface area contributed by atoms with Crippen LogP contribution in [0.25, 0.3) is 0 Å². The summed E-state index contributed by atoms with van der Waals surface area (Å²) in [6.07, 6.45) is 6.99. The number of nitrogens with zero attached hydrogens (tertiary/aromatic N) is 2. The third-order valence-electron chi connectivity index (χ3n) is 2.36. The number of hydrogen-bond donors (Lipinski definition) is 1. The predicted molar refractivity (Wildman–Crippen MR) is 47.0 cm³/mol. The van der Waals surface area contributed by atoms with Gasteiger partial charge in [0, 0.05) is 19.0 Å². The maximum Gasteiger partial charge on any atom is 0.136 e. The van der Waals surface area contributed by atoms with Gasteiger partial charge in [-0.25, -0.2) is 4.98 Å². The van der Waals surface area contributed by atoms with E-state index >= 15 is 0 Å². The first-order valence-corrected chi connectivity index (χ1v) is 4.66. The quantitative estimate of drug-likeness (QED) is 0.744. The Bertz CT molecular complexity index is 266. The summed E-state index contributed by atoms with van der Waals surface area (Å²) in [6, 6.07) is 0. The van der Waals surface area contributed by atoms with Gasteiger partial charge in [0.2, 0.25) is 0 Å². The van der Waals surface area contributed by atoms with Gasteiger partial charge in [0.25, 0.3) is 0 Å². The average molecular weight is 182 g/mol. The van der Waals surface area contributed by atoms with Crippen molar-refractivity contribution in [1.29, 1.82) is 0 Å². The number of aliphatic hydroxyl groups excluding tert-OH is 1. The van der Waals surface area contributed by atoms with E-state index in [1.165, 1.54) is 6.42 Å². The highest BCUT2D eigenvalue weighted by Crippen LogP contribution is 2.23. The highest BCUT2D eigenvalue weighted by Gasteiger charge is 2.17. The lowest BCUT2D eigenvalue weighted by Gasteiger charge is -2.24. The smallest absolute Gasteiger partial charge is 0.136 e. The van der Waals surface area contributed by atoms with E-state index in [1.807, 2.05) is 10.8 Å². The molecule has 2 heterocycles. The largest absolute Gasteiger partial charge is 0.388 e. The van der Waals surface area contributed by atoms with Gasteiger partial charge in [0.15, 0.2) is 0 Å². The molecule has 0 radical (unpaired) electrons. The SMILES string of the molecule is OCc1nccn1C1CCCCO1. The predicted octanol–water partition coefficient (Wildman–Crippen LogP) is 1.07. The molecule has 1 aromatic heterocycles. The van der Waals surface area contributed by atoms with E-state index in [0.717, 1.165) is 19.4 Å². The molecule has 1 fully saturated rings. The van der Waals surface area contributed by atoms with Crippen LogP contribution in [0.5, 0.6) is 0 Å². The lowest BCUT2D eigenvalue weighted by molar-refractivity contribution is -0.0351. The minimum absolute atomic E-state index is 0.0210. The summed E-state index contributed by atoms with van der Waals surface area (Å²) in [4.78, 5) is 4.04. The van der Waals surface area contributed by atoms with E-state index in [-0.39, 0.29) is 12.8 Å². The molecule has 13 heavy (non-hydrogen) atoms. The molecule has 0 aromatic carbocycles. The molecule has 4 heteroatoms. The molecule has 1 unspecified atom stereocenters. The van der Waals surface area contributed by atoms with E-state index < -0.39 is 0 Å². The molecule has 1 saturated heterocycles. The van der Waals surface area contributed by atoms with Crippen molar-refractivity contribution in [3.05, 3.63) is 18.2 Å². The van der Waals surface area contributed by atoms with E-state index in [0.29, 0.717) is 5.82 Å². The molecule has 0 bridgehead atoms. The van der Waals surface area contributed by atoms with Crippen molar-refractivity contribution >= 4 is 0 Å². The van der Waals surface area contributed by atoms with Crippen LogP contribution < -0.4 is 0 Å². The molecule has 4 nitrogen and oxygen atoms in total. The third-order valence-corrected chi connectivity index (χ3v) is 2.36. The molecule has 0 amide bonds. The number of aliphatic hydroxyl groups is 1. The zero-order valence-electron chi connectivity index (χ0n) is 7.52. The topological polar surface area (TPSA) is 47.3 Å². The fourth-order valence-electron chi connectivity index (χ4n) is 1.67. The molecule has 1 aliphatic rings.